The summed E-state index contributed by atoms with van der Waals surface area (Å²) in [4.78, 5) is 22.6. The Hall–Kier alpha value is -3.59. The lowest BCUT2D eigenvalue weighted by molar-refractivity contribution is 0.102. The minimum Gasteiger partial charge on any atom is -0.320 e. The van der Waals surface area contributed by atoms with Crippen LogP contribution in [0.1, 0.15) is 72.5 Å². The molecule has 9 heteroatoms. The second-order valence-corrected chi connectivity index (χ2v) is 11.1. The summed E-state index contributed by atoms with van der Waals surface area (Å²) in [5.74, 6) is 2.10. The number of nitrogens with one attached hydrogen (secondary N) is 2. The topological polar surface area (TPSA) is 102 Å². The Morgan fingerprint density at radius 2 is 2.03 bits per heavy atom. The second kappa shape index (κ2) is 9.06. The van der Waals surface area contributed by atoms with E-state index in [-0.39, 0.29) is 11.3 Å². The Morgan fingerprint density at radius 1 is 1.22 bits per heavy atom. The Kier molecular flexibility index (Phi) is 5.82. The molecule has 2 aliphatic rings. The Morgan fingerprint density at radius 3 is 2.73 bits per heavy atom. The van der Waals surface area contributed by atoms with Crippen molar-refractivity contribution in [3.05, 3.63) is 71.5 Å². The average molecular weight is 499 g/mol. The lowest BCUT2D eigenvalue weighted by Crippen LogP contribution is -2.43. The summed E-state index contributed by atoms with van der Waals surface area (Å²) >= 11 is 0. The molecule has 0 spiro atoms. The van der Waals surface area contributed by atoms with Crippen LogP contribution >= 0.6 is 0 Å². The highest BCUT2D eigenvalue weighted by Gasteiger charge is 2.48. The molecule has 0 aliphatic heterocycles. The molecule has 4 aromatic heterocycles. The van der Waals surface area contributed by atoms with Gasteiger partial charge in [0, 0.05) is 43.9 Å². The SMILES string of the molecule is Cc1cnc2c(C(=O)Nc3cncc(C4(c5nncn5C)CC(C)C4)c3)cc(CN[C@@H](C)C3CC3)cn12. The maximum Gasteiger partial charge on any atom is 0.259 e. The molecule has 0 unspecified atom stereocenters. The number of carbonyl (C=O) groups is 1. The van der Waals surface area contributed by atoms with Crippen LogP contribution in [0.4, 0.5) is 5.69 Å². The molecular formula is C28H34N8O. The minimum atomic E-state index is -0.240. The molecule has 4 heterocycles. The quantitative estimate of drug-likeness (QED) is 0.380. The van der Waals surface area contributed by atoms with Crippen molar-refractivity contribution in [2.24, 2.45) is 18.9 Å². The Balaban J connectivity index is 1.28. The van der Waals surface area contributed by atoms with Gasteiger partial charge >= 0.3 is 0 Å². The third-order valence-corrected chi connectivity index (χ3v) is 8.13. The number of amides is 1. The summed E-state index contributed by atoms with van der Waals surface area (Å²) in [6.45, 7) is 7.20. The molecule has 2 fully saturated rings. The van der Waals surface area contributed by atoms with E-state index in [1.165, 1.54) is 12.8 Å². The van der Waals surface area contributed by atoms with E-state index >= 15 is 0 Å². The molecule has 0 saturated heterocycles. The van der Waals surface area contributed by atoms with Crippen LogP contribution in [0.25, 0.3) is 5.65 Å². The van der Waals surface area contributed by atoms with E-state index in [2.05, 4.69) is 50.8 Å². The molecule has 2 N–H and O–H groups in total. The molecule has 2 saturated carbocycles. The van der Waals surface area contributed by atoms with Gasteiger partial charge in [-0.25, -0.2) is 4.98 Å². The second-order valence-electron chi connectivity index (χ2n) is 11.1. The van der Waals surface area contributed by atoms with E-state index in [9.17, 15) is 4.79 Å². The smallest absolute Gasteiger partial charge is 0.259 e. The van der Waals surface area contributed by atoms with Crippen molar-refractivity contribution in [1.82, 2.24) is 34.4 Å². The highest BCUT2D eigenvalue weighted by atomic mass is 16.1. The maximum atomic E-state index is 13.6. The lowest BCUT2D eigenvalue weighted by Gasteiger charge is -2.45. The van der Waals surface area contributed by atoms with Crippen LogP contribution in [0.2, 0.25) is 0 Å². The van der Waals surface area contributed by atoms with E-state index in [1.54, 1.807) is 18.7 Å². The Bertz CT molecular complexity index is 1460. The number of pyridine rings is 2. The number of hydrogen-bond acceptors (Lipinski definition) is 6. The number of anilines is 1. The van der Waals surface area contributed by atoms with Crippen molar-refractivity contribution >= 4 is 17.2 Å². The van der Waals surface area contributed by atoms with Crippen LogP contribution in [0.3, 0.4) is 0 Å². The molecule has 192 valence electrons. The average Bonchev–Trinajstić information content (AvgIpc) is 3.54. The first kappa shape index (κ1) is 23.8. The zero-order valence-electron chi connectivity index (χ0n) is 21.9. The predicted octanol–water partition coefficient (Wildman–Crippen LogP) is 4.02. The summed E-state index contributed by atoms with van der Waals surface area (Å²) in [5.41, 5.74) is 4.73. The van der Waals surface area contributed by atoms with Crippen molar-refractivity contribution in [3.63, 3.8) is 0 Å². The number of imidazole rings is 1. The van der Waals surface area contributed by atoms with Gasteiger partial charge in [-0.05, 0) is 74.6 Å². The molecule has 6 rings (SSSR count). The van der Waals surface area contributed by atoms with Crippen LogP contribution in [0.15, 0.2) is 43.2 Å². The van der Waals surface area contributed by atoms with Crippen LogP contribution in [-0.2, 0) is 19.0 Å². The van der Waals surface area contributed by atoms with Crippen molar-refractivity contribution in [3.8, 4) is 0 Å². The molecule has 0 radical (unpaired) electrons. The van der Waals surface area contributed by atoms with Crippen LogP contribution in [-0.4, -0.2) is 41.1 Å². The van der Waals surface area contributed by atoms with Gasteiger partial charge in [-0.15, -0.1) is 10.2 Å². The summed E-state index contributed by atoms with van der Waals surface area (Å²) in [7, 11) is 1.98. The van der Waals surface area contributed by atoms with Gasteiger partial charge in [0.05, 0.1) is 22.9 Å². The van der Waals surface area contributed by atoms with Gasteiger partial charge in [-0.1, -0.05) is 6.92 Å². The third kappa shape index (κ3) is 4.31. The normalized spacial score (nSPS) is 22.1. The number of fused-ring (bicyclic) bond motifs is 1. The number of rotatable bonds is 8. The molecule has 4 aromatic rings. The highest BCUT2D eigenvalue weighted by Crippen LogP contribution is 2.51. The van der Waals surface area contributed by atoms with Crippen molar-refractivity contribution in [2.45, 2.75) is 64.5 Å². The zero-order valence-corrected chi connectivity index (χ0v) is 21.9. The summed E-state index contributed by atoms with van der Waals surface area (Å²) in [6, 6.07) is 4.46. The van der Waals surface area contributed by atoms with Crippen LogP contribution < -0.4 is 10.6 Å². The minimum absolute atomic E-state index is 0.193. The lowest BCUT2D eigenvalue weighted by atomic mass is 9.59. The van der Waals surface area contributed by atoms with Gasteiger partial charge in [-0.3, -0.25) is 9.78 Å². The van der Waals surface area contributed by atoms with Gasteiger partial charge < -0.3 is 19.6 Å². The summed E-state index contributed by atoms with van der Waals surface area (Å²) < 4.78 is 3.99. The van der Waals surface area contributed by atoms with Gasteiger partial charge in [-0.2, -0.15) is 0 Å². The van der Waals surface area contributed by atoms with E-state index in [4.69, 9.17) is 0 Å². The summed E-state index contributed by atoms with van der Waals surface area (Å²) in [5, 5.41) is 15.3. The van der Waals surface area contributed by atoms with Crippen molar-refractivity contribution < 1.29 is 4.79 Å². The van der Waals surface area contributed by atoms with Gasteiger partial charge in [0.25, 0.3) is 5.91 Å². The van der Waals surface area contributed by atoms with E-state index in [1.807, 2.05) is 41.3 Å². The van der Waals surface area contributed by atoms with Crippen molar-refractivity contribution in [1.29, 1.82) is 0 Å². The Labute approximate surface area is 216 Å². The summed E-state index contributed by atoms with van der Waals surface area (Å²) in [6.07, 6.45) is 13.7. The van der Waals surface area contributed by atoms with E-state index in [0.29, 0.717) is 35.4 Å². The number of nitrogens with zero attached hydrogens (tertiary/aromatic N) is 6. The fraction of sp³-hybridized carbons (Fsp3) is 0.464. The first-order chi connectivity index (χ1) is 17.8. The fourth-order valence-corrected chi connectivity index (χ4v) is 5.93. The molecule has 0 aromatic carbocycles. The van der Waals surface area contributed by atoms with E-state index in [0.717, 1.165) is 41.4 Å². The van der Waals surface area contributed by atoms with Gasteiger partial charge in [0.2, 0.25) is 0 Å². The molecule has 37 heavy (non-hydrogen) atoms. The third-order valence-electron chi connectivity index (χ3n) is 8.13. The zero-order chi connectivity index (χ0) is 25.7. The van der Waals surface area contributed by atoms with Crippen LogP contribution in [0.5, 0.6) is 0 Å². The van der Waals surface area contributed by atoms with Gasteiger partial charge in [0.1, 0.15) is 17.8 Å². The standard InChI is InChI=1S/C28H34N8O/c1-17-9-28(10-17,27-34-32-16-35(27)4)22-8-23(14-29-13-22)33-26(37)24-7-20(12-30-19(3)21-5-6-21)15-36-18(2)11-31-25(24)36/h7-8,11,13-17,19,21,30H,5-6,9-10,12H2,1-4H3,(H,33,37)/t17?,19-,28?/m0/s1. The largest absolute Gasteiger partial charge is 0.320 e. The molecule has 2 aliphatic carbocycles. The molecule has 1 amide bonds. The predicted molar refractivity (Wildman–Crippen MR) is 141 cm³/mol. The number of hydrogen-bond donors (Lipinski definition) is 2. The molecular weight excluding hydrogens is 464 g/mol. The highest BCUT2D eigenvalue weighted by molar-refractivity contribution is 6.08. The number of carbonyl (C=O) groups excluding carboxylic acids is 1. The molecule has 0 bridgehead atoms. The van der Waals surface area contributed by atoms with Crippen molar-refractivity contribution in [2.75, 3.05) is 5.32 Å². The first-order valence-electron chi connectivity index (χ1n) is 13.2. The molecule has 9 nitrogen and oxygen atoms in total. The number of aryl methyl sites for hydroxylation is 2. The number of aromatic nitrogens is 6. The van der Waals surface area contributed by atoms with Gasteiger partial charge in [0.15, 0.2) is 0 Å². The monoisotopic (exact) mass is 498 g/mol. The molecule has 1 atom stereocenters. The first-order valence-corrected chi connectivity index (χ1v) is 13.2. The maximum absolute atomic E-state index is 13.6. The van der Waals surface area contributed by atoms with E-state index < -0.39 is 0 Å². The van der Waals surface area contributed by atoms with Crippen LogP contribution in [0, 0.1) is 18.8 Å². The fourth-order valence-electron chi connectivity index (χ4n) is 5.93.